The lowest BCUT2D eigenvalue weighted by Gasteiger charge is -2.22. The fourth-order valence-electron chi connectivity index (χ4n) is 1.93. The molecule has 0 unspecified atom stereocenters. The first-order chi connectivity index (χ1) is 11.3. The number of aryl methyl sites for hydroxylation is 1. The van der Waals surface area contributed by atoms with Gasteiger partial charge in [0.1, 0.15) is 16.9 Å². The van der Waals surface area contributed by atoms with Gasteiger partial charge in [-0.2, -0.15) is 0 Å². The molecule has 2 rings (SSSR count). The highest BCUT2D eigenvalue weighted by Crippen LogP contribution is 2.27. The van der Waals surface area contributed by atoms with Gasteiger partial charge in [0.15, 0.2) is 5.82 Å². The van der Waals surface area contributed by atoms with Crippen molar-refractivity contribution in [2.45, 2.75) is 27.7 Å². The van der Waals surface area contributed by atoms with E-state index in [0.29, 0.717) is 23.8 Å². The quantitative estimate of drug-likeness (QED) is 0.794. The van der Waals surface area contributed by atoms with E-state index >= 15 is 0 Å². The van der Waals surface area contributed by atoms with E-state index in [9.17, 15) is 9.59 Å². The molecule has 1 heterocycles. The van der Waals surface area contributed by atoms with Crippen LogP contribution in [0.15, 0.2) is 34.9 Å². The lowest BCUT2D eigenvalue weighted by molar-refractivity contribution is -0.135. The first kappa shape index (κ1) is 17.5. The maximum absolute atomic E-state index is 12.6. The predicted octanol–water partition coefficient (Wildman–Crippen LogP) is 2.99. The summed E-state index contributed by atoms with van der Waals surface area (Å²) in [6, 6.07) is 8.65. The van der Waals surface area contributed by atoms with Crippen LogP contribution in [0, 0.1) is 12.3 Å². The maximum Gasteiger partial charge on any atom is 0.240 e. The Kier molecular flexibility index (Phi) is 5.23. The molecule has 0 aliphatic carbocycles. The number of para-hydroxylation sites is 2. The maximum atomic E-state index is 12.6. The molecule has 0 atom stereocenters. The van der Waals surface area contributed by atoms with E-state index in [0.717, 1.165) is 0 Å². The second-order valence-electron chi connectivity index (χ2n) is 5.79. The van der Waals surface area contributed by atoms with E-state index in [4.69, 9.17) is 9.26 Å². The van der Waals surface area contributed by atoms with Gasteiger partial charge in [0, 0.05) is 6.07 Å². The lowest BCUT2D eigenvalue weighted by Crippen LogP contribution is -2.41. The van der Waals surface area contributed by atoms with Gasteiger partial charge in [-0.1, -0.05) is 17.3 Å². The van der Waals surface area contributed by atoms with Gasteiger partial charge in [0.2, 0.25) is 11.8 Å². The van der Waals surface area contributed by atoms with Crippen molar-refractivity contribution in [3.8, 4) is 5.75 Å². The topological polar surface area (TPSA) is 93.5 Å². The van der Waals surface area contributed by atoms with Gasteiger partial charge in [0.05, 0.1) is 12.3 Å². The molecule has 1 aromatic heterocycles. The van der Waals surface area contributed by atoms with E-state index in [2.05, 4.69) is 15.8 Å². The summed E-state index contributed by atoms with van der Waals surface area (Å²) in [5.41, 5.74) is -0.797. The number of anilines is 2. The lowest BCUT2D eigenvalue weighted by atomic mass is 9.91. The van der Waals surface area contributed by atoms with Gasteiger partial charge in [-0.05, 0) is 39.8 Å². The zero-order valence-electron chi connectivity index (χ0n) is 14.2. The van der Waals surface area contributed by atoms with Crippen molar-refractivity contribution < 1.29 is 18.8 Å². The normalized spacial score (nSPS) is 11.0. The van der Waals surface area contributed by atoms with Crippen LogP contribution in [0.3, 0.4) is 0 Å². The molecule has 128 valence electrons. The monoisotopic (exact) mass is 331 g/mol. The predicted molar refractivity (Wildman–Crippen MR) is 89.9 cm³/mol. The first-order valence-corrected chi connectivity index (χ1v) is 7.62. The van der Waals surface area contributed by atoms with Crippen LogP contribution in [0.4, 0.5) is 11.5 Å². The minimum atomic E-state index is -1.31. The fourth-order valence-corrected chi connectivity index (χ4v) is 1.93. The average Bonchev–Trinajstić information content (AvgIpc) is 2.94. The summed E-state index contributed by atoms with van der Waals surface area (Å²) in [5, 5.41) is 9.00. The van der Waals surface area contributed by atoms with Crippen LogP contribution >= 0.6 is 0 Å². The minimum Gasteiger partial charge on any atom is -0.492 e. The van der Waals surface area contributed by atoms with Crippen molar-refractivity contribution >= 4 is 23.3 Å². The van der Waals surface area contributed by atoms with Crippen LogP contribution in [0.2, 0.25) is 0 Å². The van der Waals surface area contributed by atoms with Crippen LogP contribution < -0.4 is 15.4 Å². The molecular formula is C17H21N3O4. The molecule has 0 aliphatic rings. The number of ether oxygens (including phenoxy) is 1. The zero-order chi connectivity index (χ0) is 17.7. The number of hydrogen-bond donors (Lipinski definition) is 2. The van der Waals surface area contributed by atoms with Crippen molar-refractivity contribution in [3.63, 3.8) is 0 Å². The van der Waals surface area contributed by atoms with E-state index < -0.39 is 17.2 Å². The Morgan fingerprint density at radius 3 is 2.50 bits per heavy atom. The van der Waals surface area contributed by atoms with Crippen molar-refractivity contribution in [2.75, 3.05) is 17.2 Å². The number of nitrogens with zero attached hydrogens (tertiary/aromatic N) is 1. The molecular weight excluding hydrogens is 310 g/mol. The van der Waals surface area contributed by atoms with Crippen molar-refractivity contribution in [3.05, 3.63) is 36.1 Å². The van der Waals surface area contributed by atoms with Crippen molar-refractivity contribution in [1.82, 2.24) is 5.16 Å². The second kappa shape index (κ2) is 7.16. The molecule has 0 bridgehead atoms. The van der Waals surface area contributed by atoms with Crippen LogP contribution in [-0.4, -0.2) is 23.6 Å². The Morgan fingerprint density at radius 2 is 1.88 bits per heavy atom. The van der Waals surface area contributed by atoms with E-state index in [1.165, 1.54) is 13.8 Å². The molecule has 0 fully saturated rings. The number of aromatic nitrogens is 1. The SMILES string of the molecule is CCOc1ccccc1NC(=O)C(C)(C)C(=O)Nc1cc(C)on1. The number of nitrogens with one attached hydrogen (secondary N) is 2. The van der Waals surface area contributed by atoms with E-state index in [1.54, 1.807) is 31.2 Å². The Labute approximate surface area is 140 Å². The molecule has 2 aromatic rings. The van der Waals surface area contributed by atoms with Crippen LogP contribution in [-0.2, 0) is 9.59 Å². The largest absolute Gasteiger partial charge is 0.492 e. The molecule has 7 nitrogen and oxygen atoms in total. The molecule has 7 heteroatoms. The molecule has 0 aliphatic heterocycles. The Balaban J connectivity index is 2.11. The summed E-state index contributed by atoms with van der Waals surface area (Å²) in [7, 11) is 0. The zero-order valence-corrected chi connectivity index (χ0v) is 14.2. The third-order valence-electron chi connectivity index (χ3n) is 3.44. The summed E-state index contributed by atoms with van der Waals surface area (Å²) in [5.74, 6) is 0.456. The number of carbonyl (C=O) groups excluding carboxylic acids is 2. The van der Waals surface area contributed by atoms with Gasteiger partial charge in [-0.15, -0.1) is 0 Å². The second-order valence-corrected chi connectivity index (χ2v) is 5.79. The number of hydrogen-bond acceptors (Lipinski definition) is 5. The third-order valence-corrected chi connectivity index (χ3v) is 3.44. The molecule has 2 amide bonds. The number of carbonyl (C=O) groups is 2. The first-order valence-electron chi connectivity index (χ1n) is 7.62. The molecule has 0 radical (unpaired) electrons. The Bertz CT molecular complexity index is 737. The van der Waals surface area contributed by atoms with Gasteiger partial charge in [-0.3, -0.25) is 9.59 Å². The van der Waals surface area contributed by atoms with Crippen LogP contribution in [0.25, 0.3) is 0 Å². The summed E-state index contributed by atoms with van der Waals surface area (Å²) in [4.78, 5) is 25.0. The highest BCUT2D eigenvalue weighted by Gasteiger charge is 2.37. The van der Waals surface area contributed by atoms with Crippen LogP contribution in [0.5, 0.6) is 5.75 Å². The summed E-state index contributed by atoms with van der Waals surface area (Å²) in [6.45, 7) is 7.12. The standard InChI is InChI=1S/C17H21N3O4/c1-5-23-13-9-7-6-8-12(13)18-15(21)17(3,4)16(22)19-14-10-11(2)24-20-14/h6-10H,5H2,1-4H3,(H,18,21)(H,19,20,22). The van der Waals surface area contributed by atoms with Gasteiger partial charge in [0.25, 0.3) is 0 Å². The van der Waals surface area contributed by atoms with E-state index in [-0.39, 0.29) is 5.82 Å². The van der Waals surface area contributed by atoms with Crippen molar-refractivity contribution in [2.24, 2.45) is 5.41 Å². The highest BCUT2D eigenvalue weighted by atomic mass is 16.5. The molecule has 2 N–H and O–H groups in total. The summed E-state index contributed by atoms with van der Waals surface area (Å²) < 4.78 is 10.4. The van der Waals surface area contributed by atoms with Crippen LogP contribution in [0.1, 0.15) is 26.5 Å². The van der Waals surface area contributed by atoms with E-state index in [1.807, 2.05) is 13.0 Å². The summed E-state index contributed by atoms with van der Waals surface area (Å²) >= 11 is 0. The Hall–Kier alpha value is -2.83. The highest BCUT2D eigenvalue weighted by molar-refractivity contribution is 6.14. The van der Waals surface area contributed by atoms with Crippen molar-refractivity contribution in [1.29, 1.82) is 0 Å². The number of benzene rings is 1. The number of amides is 2. The Morgan fingerprint density at radius 1 is 1.21 bits per heavy atom. The molecule has 0 saturated heterocycles. The fraction of sp³-hybridized carbons (Fsp3) is 0.353. The third kappa shape index (κ3) is 3.92. The van der Waals surface area contributed by atoms with Gasteiger partial charge in [-0.25, -0.2) is 0 Å². The summed E-state index contributed by atoms with van der Waals surface area (Å²) in [6.07, 6.45) is 0. The smallest absolute Gasteiger partial charge is 0.240 e. The number of rotatable bonds is 6. The molecule has 0 spiro atoms. The van der Waals surface area contributed by atoms with Gasteiger partial charge >= 0.3 is 0 Å². The minimum absolute atomic E-state index is 0.271. The van der Waals surface area contributed by atoms with Gasteiger partial charge < -0.3 is 19.9 Å². The average molecular weight is 331 g/mol. The molecule has 0 saturated carbocycles. The molecule has 24 heavy (non-hydrogen) atoms. The molecule has 1 aromatic carbocycles.